The van der Waals surface area contributed by atoms with Crippen LogP contribution in [0.3, 0.4) is 0 Å². The fraction of sp³-hybridized carbons (Fsp3) is 0.158. The number of para-hydroxylation sites is 2. The highest BCUT2D eigenvalue weighted by Crippen LogP contribution is 2.24. The Morgan fingerprint density at radius 1 is 1.12 bits per heavy atom. The minimum Gasteiger partial charge on any atom is -0.352 e. The van der Waals surface area contributed by atoms with Gasteiger partial charge in [-0.3, -0.25) is 9.20 Å². The minimum absolute atomic E-state index is 0.0554. The third kappa shape index (κ3) is 2.95. The van der Waals surface area contributed by atoms with E-state index in [1.165, 1.54) is 6.92 Å². The summed E-state index contributed by atoms with van der Waals surface area (Å²) in [6, 6.07) is 15.7. The molecular formula is C19H18N6O. The summed E-state index contributed by atoms with van der Waals surface area (Å²) in [6.07, 6.45) is 0. The van der Waals surface area contributed by atoms with Crippen LogP contribution >= 0.6 is 0 Å². The molecule has 0 saturated heterocycles. The number of rotatable bonds is 4. The van der Waals surface area contributed by atoms with Crippen molar-refractivity contribution in [1.82, 2.24) is 24.9 Å². The summed E-state index contributed by atoms with van der Waals surface area (Å²) in [4.78, 5) is 15.8. The molecule has 0 atom stereocenters. The molecule has 1 amide bonds. The summed E-state index contributed by atoms with van der Waals surface area (Å²) < 4.78 is 1.99. The number of hydrogen-bond acceptors (Lipinski definition) is 5. The van der Waals surface area contributed by atoms with Crippen LogP contribution in [0.2, 0.25) is 0 Å². The number of carbonyl (C=O) groups is 1. The fourth-order valence-electron chi connectivity index (χ4n) is 2.93. The third-order valence-electron chi connectivity index (χ3n) is 4.12. The monoisotopic (exact) mass is 346 g/mol. The van der Waals surface area contributed by atoms with Crippen molar-refractivity contribution in [2.24, 2.45) is 0 Å². The van der Waals surface area contributed by atoms with E-state index in [-0.39, 0.29) is 5.91 Å². The van der Waals surface area contributed by atoms with E-state index in [0.717, 1.165) is 28.1 Å². The molecule has 7 nitrogen and oxygen atoms in total. The first-order chi connectivity index (χ1) is 12.6. The summed E-state index contributed by atoms with van der Waals surface area (Å²) >= 11 is 0. The second-order valence-electron chi connectivity index (χ2n) is 6.09. The van der Waals surface area contributed by atoms with Crippen LogP contribution in [0.15, 0.2) is 48.5 Å². The first kappa shape index (κ1) is 16.0. The van der Waals surface area contributed by atoms with Crippen LogP contribution in [0.25, 0.3) is 16.7 Å². The van der Waals surface area contributed by atoms with E-state index in [1.807, 2.05) is 59.9 Å². The van der Waals surface area contributed by atoms with Gasteiger partial charge in [0.05, 0.1) is 11.0 Å². The molecule has 0 fully saturated rings. The van der Waals surface area contributed by atoms with Crippen LogP contribution in [0.5, 0.6) is 0 Å². The topological polar surface area (TPSA) is 84.2 Å². The van der Waals surface area contributed by atoms with E-state index in [4.69, 9.17) is 4.98 Å². The summed E-state index contributed by atoms with van der Waals surface area (Å²) in [6.45, 7) is 3.91. The lowest BCUT2D eigenvalue weighted by atomic mass is 10.2. The third-order valence-corrected chi connectivity index (χ3v) is 4.12. The van der Waals surface area contributed by atoms with E-state index < -0.39 is 0 Å². The predicted molar refractivity (Wildman–Crippen MR) is 100 cm³/mol. The number of aromatic nitrogens is 4. The van der Waals surface area contributed by atoms with Gasteiger partial charge in [0.2, 0.25) is 11.6 Å². The van der Waals surface area contributed by atoms with Crippen molar-refractivity contribution in [2.45, 2.75) is 20.4 Å². The molecule has 130 valence electrons. The fourth-order valence-corrected chi connectivity index (χ4v) is 2.93. The summed E-state index contributed by atoms with van der Waals surface area (Å²) in [5, 5.41) is 14.6. The van der Waals surface area contributed by atoms with Crippen LogP contribution in [-0.4, -0.2) is 25.5 Å². The average molecular weight is 346 g/mol. The van der Waals surface area contributed by atoms with E-state index in [1.54, 1.807) is 0 Å². The number of aryl methyl sites for hydroxylation is 1. The Kier molecular flexibility index (Phi) is 3.96. The first-order valence-electron chi connectivity index (χ1n) is 8.33. The number of anilines is 2. The quantitative estimate of drug-likeness (QED) is 0.593. The Hall–Kier alpha value is -3.48. The number of nitrogens with zero attached hydrogens (tertiary/aromatic N) is 4. The normalized spacial score (nSPS) is 11.0. The first-order valence-corrected chi connectivity index (χ1v) is 8.33. The minimum atomic E-state index is -0.0554. The van der Waals surface area contributed by atoms with Gasteiger partial charge in [0, 0.05) is 19.2 Å². The molecule has 0 aliphatic heterocycles. The van der Waals surface area contributed by atoms with E-state index in [9.17, 15) is 4.79 Å². The van der Waals surface area contributed by atoms with Gasteiger partial charge in [-0.25, -0.2) is 4.98 Å². The van der Waals surface area contributed by atoms with Crippen LogP contribution in [0.1, 0.15) is 18.3 Å². The van der Waals surface area contributed by atoms with Gasteiger partial charge in [-0.1, -0.05) is 24.3 Å². The van der Waals surface area contributed by atoms with Gasteiger partial charge < -0.3 is 10.6 Å². The van der Waals surface area contributed by atoms with Gasteiger partial charge in [-0.15, -0.1) is 10.2 Å². The lowest BCUT2D eigenvalue weighted by molar-refractivity contribution is -0.119. The van der Waals surface area contributed by atoms with Gasteiger partial charge in [0.1, 0.15) is 5.82 Å². The van der Waals surface area contributed by atoms with Crippen molar-refractivity contribution in [1.29, 1.82) is 0 Å². The zero-order valence-corrected chi connectivity index (χ0v) is 14.5. The predicted octanol–water partition coefficient (Wildman–Crippen LogP) is 2.97. The Morgan fingerprint density at radius 3 is 2.81 bits per heavy atom. The zero-order chi connectivity index (χ0) is 18.1. The van der Waals surface area contributed by atoms with Crippen LogP contribution in [-0.2, 0) is 11.3 Å². The maximum absolute atomic E-state index is 11.1. The second kappa shape index (κ2) is 6.44. The smallest absolute Gasteiger partial charge is 0.217 e. The number of fused-ring (bicyclic) bond motifs is 3. The molecule has 0 spiro atoms. The second-order valence-corrected chi connectivity index (χ2v) is 6.09. The Labute approximate surface area is 150 Å². The van der Waals surface area contributed by atoms with Crippen molar-refractivity contribution in [2.75, 3.05) is 5.32 Å². The summed E-state index contributed by atoms with van der Waals surface area (Å²) in [7, 11) is 0. The number of nitrogens with one attached hydrogen (secondary N) is 2. The highest BCUT2D eigenvalue weighted by Gasteiger charge is 2.13. The molecule has 0 aliphatic carbocycles. The van der Waals surface area contributed by atoms with Crippen molar-refractivity contribution >= 4 is 34.1 Å². The molecule has 2 aromatic carbocycles. The van der Waals surface area contributed by atoms with Gasteiger partial charge in [0.15, 0.2) is 5.82 Å². The SMILES string of the molecule is CC(=O)NCc1cccc(Nc2nc3ccccc3n3c(C)nnc23)c1. The number of benzene rings is 2. The summed E-state index contributed by atoms with van der Waals surface area (Å²) in [5.74, 6) is 1.39. The average Bonchev–Trinajstić information content (AvgIpc) is 3.03. The van der Waals surface area contributed by atoms with Gasteiger partial charge in [0.25, 0.3) is 0 Å². The molecule has 2 heterocycles. The lowest BCUT2D eigenvalue weighted by Crippen LogP contribution is -2.18. The summed E-state index contributed by atoms with van der Waals surface area (Å²) in [5.41, 5.74) is 4.38. The van der Waals surface area contributed by atoms with Gasteiger partial charge >= 0.3 is 0 Å². The molecule has 0 unspecified atom stereocenters. The van der Waals surface area contributed by atoms with E-state index in [0.29, 0.717) is 18.0 Å². The lowest BCUT2D eigenvalue weighted by Gasteiger charge is -2.11. The molecular weight excluding hydrogens is 328 g/mol. The van der Waals surface area contributed by atoms with Gasteiger partial charge in [-0.2, -0.15) is 0 Å². The molecule has 2 aromatic heterocycles. The molecule has 2 N–H and O–H groups in total. The van der Waals surface area contributed by atoms with Crippen LogP contribution in [0.4, 0.5) is 11.5 Å². The van der Waals surface area contributed by atoms with Crippen LogP contribution in [0, 0.1) is 6.92 Å². The standard InChI is InChI=1S/C19H18N6O/c1-12-23-24-19-18(22-16-8-3-4-9-17(16)25(12)19)21-15-7-5-6-14(10-15)11-20-13(2)26/h3-10H,11H2,1-2H3,(H,20,26)(H,21,22). The molecule has 0 bridgehead atoms. The van der Waals surface area contributed by atoms with Crippen molar-refractivity contribution in [3.63, 3.8) is 0 Å². The molecule has 26 heavy (non-hydrogen) atoms. The van der Waals surface area contributed by atoms with Crippen molar-refractivity contribution < 1.29 is 4.79 Å². The van der Waals surface area contributed by atoms with E-state index >= 15 is 0 Å². The Morgan fingerprint density at radius 2 is 1.96 bits per heavy atom. The molecule has 0 radical (unpaired) electrons. The largest absolute Gasteiger partial charge is 0.352 e. The van der Waals surface area contributed by atoms with Crippen molar-refractivity contribution in [3.8, 4) is 0 Å². The highest BCUT2D eigenvalue weighted by atomic mass is 16.1. The molecule has 4 aromatic rings. The Bertz CT molecular complexity index is 1120. The van der Waals surface area contributed by atoms with Crippen LogP contribution < -0.4 is 10.6 Å². The molecule has 7 heteroatoms. The maximum atomic E-state index is 11.1. The van der Waals surface area contributed by atoms with Gasteiger partial charge in [-0.05, 0) is 36.8 Å². The molecule has 0 aliphatic rings. The number of carbonyl (C=O) groups excluding carboxylic acids is 1. The number of hydrogen-bond donors (Lipinski definition) is 2. The number of amides is 1. The highest BCUT2D eigenvalue weighted by molar-refractivity contribution is 5.84. The molecule has 4 rings (SSSR count). The Balaban J connectivity index is 1.75. The maximum Gasteiger partial charge on any atom is 0.217 e. The zero-order valence-electron chi connectivity index (χ0n) is 14.5. The van der Waals surface area contributed by atoms with Crippen molar-refractivity contribution in [3.05, 3.63) is 59.9 Å². The van der Waals surface area contributed by atoms with E-state index in [2.05, 4.69) is 20.8 Å². The molecule has 0 saturated carbocycles.